The van der Waals surface area contributed by atoms with Gasteiger partial charge in [-0.3, -0.25) is 19.2 Å². The van der Waals surface area contributed by atoms with Crippen LogP contribution >= 0.6 is 15.9 Å². The lowest BCUT2D eigenvalue weighted by atomic mass is 9.70. The summed E-state index contributed by atoms with van der Waals surface area (Å²) in [7, 11) is 0. The number of likely N-dealkylation sites (tertiary alicyclic amines) is 1. The van der Waals surface area contributed by atoms with Crippen LogP contribution in [0.1, 0.15) is 50.1 Å². The van der Waals surface area contributed by atoms with Crippen LogP contribution in [0.5, 0.6) is 0 Å². The Labute approximate surface area is 313 Å². The number of amides is 3. The van der Waals surface area contributed by atoms with E-state index in [4.69, 9.17) is 9.47 Å². The Morgan fingerprint density at radius 2 is 1.79 bits per heavy atom. The van der Waals surface area contributed by atoms with Crippen LogP contribution in [0.2, 0.25) is 0 Å². The smallest absolute Gasteiger partial charge is 0.306 e. The van der Waals surface area contributed by atoms with E-state index < -0.39 is 47.5 Å². The van der Waals surface area contributed by atoms with Crippen LogP contribution in [0.25, 0.3) is 10.8 Å². The molecule has 7 atom stereocenters. The number of benzene rings is 3. The number of halogens is 1. The van der Waals surface area contributed by atoms with Crippen LogP contribution in [-0.4, -0.2) is 82.6 Å². The minimum Gasteiger partial charge on any atom is -0.463 e. The highest BCUT2D eigenvalue weighted by Gasteiger charge is 2.76. The van der Waals surface area contributed by atoms with Gasteiger partial charge in [0, 0.05) is 36.6 Å². The third-order valence-electron chi connectivity index (χ3n) is 10.5. The second kappa shape index (κ2) is 16.6. The van der Waals surface area contributed by atoms with E-state index in [1.165, 1.54) is 0 Å². The summed E-state index contributed by atoms with van der Waals surface area (Å²) in [6, 6.07) is 21.3. The summed E-state index contributed by atoms with van der Waals surface area (Å²) in [5.74, 6) is -3.23. The van der Waals surface area contributed by atoms with Crippen molar-refractivity contribution in [2.45, 2.75) is 67.1 Å². The third-order valence-corrected chi connectivity index (χ3v) is 11.3. The molecular weight excluding hydrogens is 726 g/mol. The number of nitrogens with zero attached hydrogens (tertiary/aromatic N) is 2. The van der Waals surface area contributed by atoms with Crippen LogP contribution < -0.4 is 10.2 Å². The highest BCUT2D eigenvalue weighted by molar-refractivity contribution is 9.09. The Hall–Kier alpha value is -4.32. The maximum absolute atomic E-state index is 15.0. The topological polar surface area (TPSA) is 125 Å². The maximum atomic E-state index is 15.0. The van der Waals surface area contributed by atoms with Gasteiger partial charge >= 0.3 is 5.97 Å². The summed E-state index contributed by atoms with van der Waals surface area (Å²) in [5, 5.41) is 14.5. The predicted molar refractivity (Wildman–Crippen MR) is 203 cm³/mol. The second-order valence-corrected chi connectivity index (χ2v) is 14.9. The first kappa shape index (κ1) is 37.4. The molecule has 3 aromatic carbocycles. The molecule has 3 heterocycles. The average molecular weight is 773 g/mol. The van der Waals surface area contributed by atoms with Crippen LogP contribution in [0.15, 0.2) is 98.1 Å². The van der Waals surface area contributed by atoms with Gasteiger partial charge in [0.15, 0.2) is 0 Å². The molecule has 0 radical (unpaired) electrons. The summed E-state index contributed by atoms with van der Waals surface area (Å²) >= 11 is 3.77. The molecule has 6 rings (SSSR count). The molecule has 10 nitrogen and oxygen atoms in total. The zero-order valence-corrected chi connectivity index (χ0v) is 30.8. The molecule has 274 valence electrons. The number of carbonyl (C=O) groups is 4. The van der Waals surface area contributed by atoms with Gasteiger partial charge in [0.05, 0.1) is 24.0 Å². The summed E-state index contributed by atoms with van der Waals surface area (Å²) in [4.78, 5) is 59.5. The fourth-order valence-electron chi connectivity index (χ4n) is 8.11. The number of hydrogen-bond acceptors (Lipinski definition) is 7. The number of rotatable bonds is 17. The fourth-order valence-corrected chi connectivity index (χ4v) is 9.05. The number of carbonyl (C=O) groups excluding carboxylic acids is 4. The van der Waals surface area contributed by atoms with Crippen LogP contribution in [0, 0.1) is 11.8 Å². The van der Waals surface area contributed by atoms with Gasteiger partial charge in [-0.15, -0.1) is 13.2 Å². The number of esters is 1. The summed E-state index contributed by atoms with van der Waals surface area (Å²) in [5.41, 5.74) is 0.150. The van der Waals surface area contributed by atoms with Gasteiger partial charge in [-0.05, 0) is 60.6 Å². The van der Waals surface area contributed by atoms with Gasteiger partial charge in [-0.2, -0.15) is 0 Å². The van der Waals surface area contributed by atoms with E-state index in [0.29, 0.717) is 37.8 Å². The summed E-state index contributed by atoms with van der Waals surface area (Å²) in [6.45, 7) is 8.00. The van der Waals surface area contributed by atoms with Gasteiger partial charge in [-0.25, -0.2) is 0 Å². The van der Waals surface area contributed by atoms with Crippen molar-refractivity contribution in [3.8, 4) is 0 Å². The number of ether oxygens (including phenoxy) is 2. The first-order valence-electron chi connectivity index (χ1n) is 18.0. The van der Waals surface area contributed by atoms with E-state index in [1.54, 1.807) is 22.0 Å². The zero-order valence-electron chi connectivity index (χ0n) is 29.2. The lowest BCUT2D eigenvalue weighted by molar-refractivity contribution is -0.145. The van der Waals surface area contributed by atoms with Crippen molar-refractivity contribution in [2.75, 3.05) is 31.2 Å². The Morgan fingerprint density at radius 1 is 1.04 bits per heavy atom. The standard InChI is InChI=1S/C41H46BrN3O7/c1-3-5-18-33(47)51-26-32(28-15-8-6-9-16-28)43-38(48)34-35-39(49)45(22-12-7-13-23-46)37(41(35)25-31(42)36(34)52-41)40(50)44(21-4-2)30-20-19-27-14-10-11-17-29(27)24-30/h3-4,6,8-11,14-17,19-20,24,31-32,34-37,46H,1-2,5,7,12-13,18,21-23,25-26H2,(H,43,48)/t31?,32-,34-,35+,36-,37-,41+/m1/s1. The highest BCUT2D eigenvalue weighted by Crippen LogP contribution is 2.60. The maximum Gasteiger partial charge on any atom is 0.306 e. The van der Waals surface area contributed by atoms with E-state index in [2.05, 4.69) is 34.4 Å². The number of fused-ring (bicyclic) bond motifs is 2. The van der Waals surface area contributed by atoms with E-state index in [0.717, 1.165) is 16.3 Å². The van der Waals surface area contributed by atoms with Gasteiger partial charge < -0.3 is 29.7 Å². The van der Waals surface area contributed by atoms with E-state index in [-0.39, 0.29) is 49.4 Å². The van der Waals surface area contributed by atoms with Gasteiger partial charge in [0.25, 0.3) is 5.91 Å². The van der Waals surface area contributed by atoms with E-state index >= 15 is 4.79 Å². The normalized spacial score (nSPS) is 25.1. The Kier molecular flexibility index (Phi) is 11.9. The Morgan fingerprint density at radius 3 is 2.52 bits per heavy atom. The van der Waals surface area contributed by atoms with Gasteiger partial charge in [0.1, 0.15) is 18.2 Å². The third kappa shape index (κ3) is 7.31. The molecule has 3 amide bonds. The van der Waals surface area contributed by atoms with Crippen LogP contribution in [0.4, 0.5) is 5.69 Å². The minimum atomic E-state index is -1.26. The Bertz CT molecular complexity index is 1800. The van der Waals surface area contributed by atoms with E-state index in [9.17, 15) is 19.5 Å². The van der Waals surface area contributed by atoms with Gasteiger partial charge in [-0.1, -0.05) is 88.7 Å². The number of unbranched alkanes of at least 4 members (excludes halogenated alkanes) is 2. The van der Waals surface area contributed by atoms with Crippen LogP contribution in [-0.2, 0) is 28.7 Å². The molecule has 1 unspecified atom stereocenters. The minimum absolute atomic E-state index is 0.0302. The SMILES string of the molecule is C=CCCC(=O)OC[C@@H](NC(=O)[C@H]1[C@@H]2O[C@@]3(CC2Br)[C@@H]1C(=O)N(CCCCCO)[C@@H]3C(=O)N(CC=C)c1ccc2ccccc2c1)c1ccccc1. The molecule has 11 heteroatoms. The molecule has 52 heavy (non-hydrogen) atoms. The number of nitrogens with one attached hydrogen (secondary N) is 1. The molecule has 3 saturated heterocycles. The molecule has 3 aliphatic rings. The average Bonchev–Trinajstić information content (AvgIpc) is 3.75. The van der Waals surface area contributed by atoms with Crippen molar-refractivity contribution < 1.29 is 33.8 Å². The predicted octanol–water partition coefficient (Wildman–Crippen LogP) is 5.64. The molecule has 3 aliphatic heterocycles. The summed E-state index contributed by atoms with van der Waals surface area (Å²) in [6.07, 6.45) is 5.46. The van der Waals surface area contributed by atoms with Crippen molar-refractivity contribution in [1.29, 1.82) is 0 Å². The summed E-state index contributed by atoms with van der Waals surface area (Å²) < 4.78 is 12.3. The first-order valence-corrected chi connectivity index (χ1v) is 18.9. The molecule has 2 bridgehead atoms. The van der Waals surface area contributed by atoms with Crippen molar-refractivity contribution in [3.63, 3.8) is 0 Å². The molecule has 3 fully saturated rings. The Balaban J connectivity index is 1.33. The molecule has 1 spiro atoms. The molecule has 0 aliphatic carbocycles. The largest absolute Gasteiger partial charge is 0.463 e. The molecular formula is C41H46BrN3O7. The van der Waals surface area contributed by atoms with Gasteiger partial charge in [0.2, 0.25) is 11.8 Å². The number of allylic oxidation sites excluding steroid dienone is 1. The van der Waals surface area contributed by atoms with E-state index in [1.807, 2.05) is 72.8 Å². The zero-order chi connectivity index (χ0) is 36.8. The molecule has 0 saturated carbocycles. The first-order chi connectivity index (χ1) is 25.2. The number of alkyl halides is 1. The molecule has 0 aromatic heterocycles. The van der Waals surface area contributed by atoms with Crippen molar-refractivity contribution in [3.05, 3.63) is 104 Å². The number of aliphatic hydroxyl groups is 1. The monoisotopic (exact) mass is 771 g/mol. The number of hydrogen-bond donors (Lipinski definition) is 2. The van der Waals surface area contributed by atoms with Crippen molar-refractivity contribution in [2.24, 2.45) is 11.8 Å². The van der Waals surface area contributed by atoms with Crippen LogP contribution in [0.3, 0.4) is 0 Å². The van der Waals surface area contributed by atoms with Crippen molar-refractivity contribution in [1.82, 2.24) is 10.2 Å². The lowest BCUT2D eigenvalue weighted by Crippen LogP contribution is -2.57. The lowest BCUT2D eigenvalue weighted by Gasteiger charge is -2.37. The molecule has 3 aromatic rings. The van der Waals surface area contributed by atoms with Crippen molar-refractivity contribution >= 4 is 56.1 Å². The quantitative estimate of drug-likeness (QED) is 0.0789. The number of aliphatic hydroxyl groups excluding tert-OH is 1. The second-order valence-electron chi connectivity index (χ2n) is 13.7. The fraction of sp³-hybridized carbons (Fsp3) is 0.415. The number of anilines is 1. The highest BCUT2D eigenvalue weighted by atomic mass is 79.9. The molecule has 2 N–H and O–H groups in total.